The summed E-state index contributed by atoms with van der Waals surface area (Å²) in [6, 6.07) is 58.9. The fourth-order valence-electron chi connectivity index (χ4n) is 8.78. The number of imidazole rings is 1. The quantitative estimate of drug-likeness (QED) is 0.169. The maximum atomic E-state index is 12.7. The van der Waals surface area contributed by atoms with Crippen LogP contribution in [0.5, 0.6) is 5.75 Å². The fraction of sp³-hybridized carbons (Fsp3) is 0.0909. The Bertz CT molecular complexity index is 3490. The first-order chi connectivity index (χ1) is 29.7. The van der Waals surface area contributed by atoms with E-state index in [0.29, 0.717) is 11.4 Å². The molecule has 304 valence electrons. The van der Waals surface area contributed by atoms with Gasteiger partial charge < -0.3 is 5.11 Å². The van der Waals surface area contributed by atoms with Crippen LogP contribution in [0.15, 0.2) is 164 Å². The average Bonchev–Trinajstić information content (AvgIpc) is 3.97. The molecule has 0 bridgehead atoms. The Kier molecular flexibility index (Phi) is 10.1. The van der Waals surface area contributed by atoms with Gasteiger partial charge in [0.1, 0.15) is 11.6 Å². The molecule has 4 nitrogen and oxygen atoms in total. The molecule has 62 heavy (non-hydrogen) atoms. The Morgan fingerprint density at radius 1 is 0.629 bits per heavy atom. The van der Waals surface area contributed by atoms with E-state index in [2.05, 4.69) is 184 Å². The zero-order chi connectivity index (χ0) is 41.4. The van der Waals surface area contributed by atoms with Crippen LogP contribution in [-0.4, -0.2) is 19.6 Å². The van der Waals surface area contributed by atoms with Gasteiger partial charge in [0.15, 0.2) is 0 Å². The van der Waals surface area contributed by atoms with Crippen molar-refractivity contribution >= 4 is 63.3 Å². The summed E-state index contributed by atoms with van der Waals surface area (Å²) >= 11 is 3.48. The van der Waals surface area contributed by atoms with E-state index in [1.165, 1.54) is 25.0 Å². The van der Waals surface area contributed by atoms with Gasteiger partial charge in [-0.1, -0.05) is 141 Å². The summed E-state index contributed by atoms with van der Waals surface area (Å²) in [5.41, 5.74) is 13.6. The standard InChI is InChI=1S/C55H40N3OS2.Pt/c1-33-25-26-45(41(29-33)35-17-9-6-10-18-35)58-46-23-14-22-39(37-19-13-20-38(30-37)44-31-36(27-28-56-44)34-15-7-5-8-16-34)50(46)57-53(58)42-32-43(55(2,3)4)49-48-40-21-11-12-24-47(40)60-54(48)61-52(49)51(42)59;/h5-29,31-32,59H,1-4H3;/q-1;. The molecule has 4 aromatic heterocycles. The van der Waals surface area contributed by atoms with Gasteiger partial charge >= 0.3 is 0 Å². The number of fused-ring (bicyclic) bond motifs is 6. The molecular weight excluding hydrogens is 978 g/mol. The van der Waals surface area contributed by atoms with Gasteiger partial charge in [0.25, 0.3) is 0 Å². The number of nitrogens with zero attached hydrogens (tertiary/aromatic N) is 3. The summed E-state index contributed by atoms with van der Waals surface area (Å²) in [6.07, 6.45) is 1.87. The molecule has 0 saturated heterocycles. The summed E-state index contributed by atoms with van der Waals surface area (Å²) in [6.45, 7) is 8.93. The average molecular weight is 1020 g/mol. The zero-order valence-corrected chi connectivity index (χ0v) is 38.4. The minimum Gasteiger partial charge on any atom is -0.506 e. The van der Waals surface area contributed by atoms with E-state index in [1.54, 1.807) is 22.7 Å². The van der Waals surface area contributed by atoms with Crippen molar-refractivity contribution in [1.82, 2.24) is 14.5 Å². The van der Waals surface area contributed by atoms with Crippen molar-refractivity contribution < 1.29 is 26.2 Å². The molecule has 4 heterocycles. The second kappa shape index (κ2) is 15.6. The van der Waals surface area contributed by atoms with Crippen molar-refractivity contribution in [2.45, 2.75) is 33.1 Å². The van der Waals surface area contributed by atoms with E-state index in [-0.39, 0.29) is 32.2 Å². The van der Waals surface area contributed by atoms with E-state index < -0.39 is 0 Å². The molecule has 11 aromatic rings. The monoisotopic (exact) mass is 1020 g/mol. The second-order valence-corrected chi connectivity index (χ2v) is 19.1. The molecule has 0 amide bonds. The number of rotatable bonds is 6. The fourth-order valence-corrected chi connectivity index (χ4v) is 11.4. The first-order valence-electron chi connectivity index (χ1n) is 20.5. The number of phenolic OH excluding ortho intramolecular Hbond substituents is 1. The molecule has 0 spiro atoms. The molecular formula is C55H40N3OPtS2-. The number of phenols is 1. The molecule has 0 aliphatic rings. The normalized spacial score (nSPS) is 11.8. The minimum absolute atomic E-state index is 0. The summed E-state index contributed by atoms with van der Waals surface area (Å²) < 4.78 is 5.63. The minimum atomic E-state index is -0.236. The van der Waals surface area contributed by atoms with Crippen LogP contribution in [-0.2, 0) is 26.5 Å². The van der Waals surface area contributed by atoms with Crippen LogP contribution in [0.3, 0.4) is 0 Å². The Labute approximate surface area is 383 Å². The maximum absolute atomic E-state index is 12.7. The van der Waals surface area contributed by atoms with Gasteiger partial charge in [-0.3, -0.25) is 9.55 Å². The smallest absolute Gasteiger partial charge is 0.148 e. The maximum Gasteiger partial charge on any atom is 0.148 e. The van der Waals surface area contributed by atoms with Crippen molar-refractivity contribution in [3.05, 3.63) is 181 Å². The topological polar surface area (TPSA) is 50.9 Å². The molecule has 7 aromatic carbocycles. The Morgan fingerprint density at radius 2 is 1.35 bits per heavy atom. The number of aryl methyl sites for hydroxylation is 1. The van der Waals surface area contributed by atoms with Crippen LogP contribution < -0.4 is 0 Å². The van der Waals surface area contributed by atoms with Gasteiger partial charge in [0, 0.05) is 59.4 Å². The molecule has 7 heteroatoms. The number of para-hydroxylation sites is 1. The van der Waals surface area contributed by atoms with E-state index in [0.717, 1.165) is 77.0 Å². The number of aromatic nitrogens is 3. The second-order valence-electron chi connectivity index (χ2n) is 16.7. The molecule has 0 fully saturated rings. The van der Waals surface area contributed by atoms with Crippen LogP contribution in [0.4, 0.5) is 0 Å². The van der Waals surface area contributed by atoms with Crippen LogP contribution in [0, 0.1) is 13.0 Å². The van der Waals surface area contributed by atoms with Gasteiger partial charge in [-0.25, -0.2) is 4.98 Å². The Morgan fingerprint density at radius 3 is 2.15 bits per heavy atom. The molecule has 0 radical (unpaired) electrons. The third-order valence-corrected chi connectivity index (χ3v) is 14.2. The predicted octanol–water partition coefficient (Wildman–Crippen LogP) is 15.4. The summed E-state index contributed by atoms with van der Waals surface area (Å²) in [5, 5.41) is 16.3. The van der Waals surface area contributed by atoms with E-state index in [1.807, 2.05) is 18.3 Å². The Balaban J connectivity index is 0.00000458. The third-order valence-electron chi connectivity index (χ3n) is 11.7. The van der Waals surface area contributed by atoms with Gasteiger partial charge in [-0.05, 0) is 71.0 Å². The van der Waals surface area contributed by atoms with Crippen LogP contribution in [0.25, 0.3) is 102 Å². The first kappa shape index (κ1) is 39.9. The number of hydrogen-bond acceptors (Lipinski definition) is 5. The van der Waals surface area contributed by atoms with E-state index in [4.69, 9.17) is 9.97 Å². The molecule has 0 atom stereocenters. The SMILES string of the molecule is Cc1ccc(-n2c(-c3cc(C(C)(C)C)c4c(sc5sc6ccccc6c54)c3O)nc3c(-c4[c-]c(-c5cc(-c6ccccc6)ccn5)ccc4)cccc32)c(-c2ccccc2)c1.[Pt]. The van der Waals surface area contributed by atoms with Crippen molar-refractivity contribution in [2.75, 3.05) is 0 Å². The molecule has 1 N–H and O–H groups in total. The van der Waals surface area contributed by atoms with Gasteiger partial charge in [-0.15, -0.1) is 52.5 Å². The van der Waals surface area contributed by atoms with Crippen LogP contribution >= 0.6 is 22.7 Å². The predicted molar refractivity (Wildman–Crippen MR) is 258 cm³/mol. The van der Waals surface area contributed by atoms with Gasteiger partial charge in [0.05, 0.1) is 31.0 Å². The molecule has 0 saturated carbocycles. The van der Waals surface area contributed by atoms with Crippen molar-refractivity contribution in [1.29, 1.82) is 0 Å². The van der Waals surface area contributed by atoms with E-state index >= 15 is 0 Å². The number of thiophene rings is 2. The Hall–Kier alpha value is -6.17. The number of aromatic hydroxyl groups is 1. The van der Waals surface area contributed by atoms with Gasteiger partial charge in [0.2, 0.25) is 0 Å². The number of hydrogen-bond donors (Lipinski definition) is 1. The van der Waals surface area contributed by atoms with Crippen molar-refractivity contribution in [3.8, 4) is 67.5 Å². The summed E-state index contributed by atoms with van der Waals surface area (Å²) in [5.74, 6) is 0.938. The number of benzene rings is 7. The molecule has 0 aliphatic heterocycles. The molecule has 11 rings (SSSR count). The molecule has 0 aliphatic carbocycles. The number of pyridine rings is 1. The van der Waals surface area contributed by atoms with Crippen molar-refractivity contribution in [3.63, 3.8) is 0 Å². The van der Waals surface area contributed by atoms with Gasteiger partial charge in [-0.2, -0.15) is 0 Å². The largest absolute Gasteiger partial charge is 0.506 e. The van der Waals surface area contributed by atoms with Crippen LogP contribution in [0.2, 0.25) is 0 Å². The summed E-state index contributed by atoms with van der Waals surface area (Å²) in [4.78, 5) is 10.4. The van der Waals surface area contributed by atoms with E-state index in [9.17, 15) is 5.11 Å². The molecule has 0 unspecified atom stereocenters. The third kappa shape index (κ3) is 6.69. The van der Waals surface area contributed by atoms with Crippen LogP contribution in [0.1, 0.15) is 31.9 Å². The van der Waals surface area contributed by atoms with Crippen molar-refractivity contribution in [2.24, 2.45) is 0 Å². The first-order valence-corrected chi connectivity index (χ1v) is 22.2. The zero-order valence-electron chi connectivity index (χ0n) is 34.5. The summed E-state index contributed by atoms with van der Waals surface area (Å²) in [7, 11) is 0.